The maximum Gasteiger partial charge on any atom is 0.323 e. The highest BCUT2D eigenvalue weighted by molar-refractivity contribution is 7.22. The number of hydrogen-bond donors (Lipinski definition) is 1. The van der Waals surface area contributed by atoms with Gasteiger partial charge in [0.1, 0.15) is 11.9 Å². The van der Waals surface area contributed by atoms with Gasteiger partial charge in [-0.25, -0.2) is 18.6 Å². The first kappa shape index (κ1) is 23.5. The largest absolute Gasteiger partial charge is 0.483 e. The van der Waals surface area contributed by atoms with E-state index in [0.29, 0.717) is 28.5 Å². The van der Waals surface area contributed by atoms with Gasteiger partial charge in [0, 0.05) is 43.4 Å². The van der Waals surface area contributed by atoms with Gasteiger partial charge in [-0.15, -0.1) is 0 Å². The number of amides is 2. The standard InChI is InChI=1S/C20H19Cl2F2N3O3S/c1-10(17-11(21)4-5-12(23)18(17)22)30-15-9-16-14(8-13(15)24)25-19(31-16)26-20(28)27(2)6-7-29-3/h4-5,8-10H,6-7H2,1-3H3,(H,25,26,28). The van der Waals surface area contributed by atoms with Gasteiger partial charge in [-0.1, -0.05) is 34.5 Å². The van der Waals surface area contributed by atoms with Gasteiger partial charge in [-0.2, -0.15) is 0 Å². The Labute approximate surface area is 191 Å². The summed E-state index contributed by atoms with van der Waals surface area (Å²) < 4.78 is 39.6. The number of halogens is 4. The zero-order valence-corrected chi connectivity index (χ0v) is 19.2. The molecule has 2 aromatic carbocycles. The van der Waals surface area contributed by atoms with Crippen molar-refractivity contribution in [3.8, 4) is 5.75 Å². The van der Waals surface area contributed by atoms with Crippen molar-refractivity contribution in [3.63, 3.8) is 0 Å². The Bertz CT molecular complexity index is 1110. The van der Waals surface area contributed by atoms with E-state index < -0.39 is 17.7 Å². The van der Waals surface area contributed by atoms with E-state index in [-0.39, 0.29) is 27.4 Å². The maximum atomic E-state index is 14.6. The molecule has 3 rings (SSSR count). The second kappa shape index (κ2) is 9.95. The number of carbonyl (C=O) groups excluding carboxylic acids is 1. The number of anilines is 1. The number of ether oxygens (including phenoxy) is 2. The lowest BCUT2D eigenvalue weighted by molar-refractivity contribution is 0.165. The average Bonchev–Trinajstić information content (AvgIpc) is 3.10. The molecule has 1 unspecified atom stereocenters. The second-order valence-corrected chi connectivity index (χ2v) is 8.45. The lowest BCUT2D eigenvalue weighted by Gasteiger charge is -2.18. The molecular formula is C20H19Cl2F2N3O3S. The van der Waals surface area contributed by atoms with Crippen molar-refractivity contribution in [3.05, 3.63) is 51.5 Å². The van der Waals surface area contributed by atoms with Crippen LogP contribution in [0.2, 0.25) is 10.0 Å². The normalized spacial score (nSPS) is 12.1. The van der Waals surface area contributed by atoms with Crippen molar-refractivity contribution in [2.24, 2.45) is 0 Å². The van der Waals surface area contributed by atoms with Crippen LogP contribution in [0.25, 0.3) is 10.2 Å². The van der Waals surface area contributed by atoms with Crippen LogP contribution in [-0.2, 0) is 4.74 Å². The minimum atomic E-state index is -0.816. The van der Waals surface area contributed by atoms with Crippen molar-refractivity contribution in [2.75, 3.05) is 32.6 Å². The molecule has 1 N–H and O–H groups in total. The van der Waals surface area contributed by atoms with Gasteiger partial charge in [0.25, 0.3) is 0 Å². The zero-order valence-electron chi connectivity index (χ0n) is 16.8. The van der Waals surface area contributed by atoms with Crippen LogP contribution in [0, 0.1) is 11.6 Å². The van der Waals surface area contributed by atoms with Crippen LogP contribution in [0.4, 0.5) is 18.7 Å². The van der Waals surface area contributed by atoms with Crippen molar-refractivity contribution < 1.29 is 23.0 Å². The summed E-state index contributed by atoms with van der Waals surface area (Å²) in [5, 5.41) is 3.01. The molecule has 11 heteroatoms. The molecule has 0 aliphatic heterocycles. The number of benzene rings is 2. The Morgan fingerprint density at radius 2 is 2.03 bits per heavy atom. The number of methoxy groups -OCH3 is 1. The molecule has 0 bridgehead atoms. The van der Waals surface area contributed by atoms with Gasteiger partial charge in [0.15, 0.2) is 16.7 Å². The molecule has 0 aliphatic rings. The van der Waals surface area contributed by atoms with E-state index in [1.807, 2.05) is 0 Å². The molecule has 166 valence electrons. The van der Waals surface area contributed by atoms with Gasteiger partial charge in [0.2, 0.25) is 0 Å². The molecule has 3 aromatic rings. The minimum Gasteiger partial charge on any atom is -0.483 e. The number of hydrogen-bond acceptors (Lipinski definition) is 5. The fourth-order valence-corrected chi connectivity index (χ4v) is 4.30. The molecular weight excluding hydrogens is 471 g/mol. The number of nitrogens with one attached hydrogen (secondary N) is 1. The van der Waals surface area contributed by atoms with Crippen LogP contribution in [0.1, 0.15) is 18.6 Å². The molecule has 0 fully saturated rings. The van der Waals surface area contributed by atoms with Crippen LogP contribution in [0.3, 0.4) is 0 Å². The molecule has 0 spiro atoms. The summed E-state index contributed by atoms with van der Waals surface area (Å²) in [6, 6.07) is 4.81. The summed E-state index contributed by atoms with van der Waals surface area (Å²) in [4.78, 5) is 17.9. The SMILES string of the molecule is COCCN(C)C(=O)Nc1nc2cc(F)c(OC(C)c3c(Cl)ccc(F)c3Cl)cc2s1. The van der Waals surface area contributed by atoms with Gasteiger partial charge < -0.3 is 14.4 Å². The first-order valence-electron chi connectivity index (χ1n) is 9.12. The Hall–Kier alpha value is -2.20. The zero-order chi connectivity index (χ0) is 22.7. The average molecular weight is 490 g/mol. The number of fused-ring (bicyclic) bond motifs is 1. The van der Waals surface area contributed by atoms with Crippen molar-refractivity contribution in [1.82, 2.24) is 9.88 Å². The van der Waals surface area contributed by atoms with Crippen LogP contribution < -0.4 is 10.1 Å². The minimum absolute atomic E-state index is 0.0740. The fraction of sp³-hybridized carbons (Fsp3) is 0.300. The van der Waals surface area contributed by atoms with Gasteiger partial charge in [-0.05, 0) is 19.1 Å². The van der Waals surface area contributed by atoms with Crippen LogP contribution in [0.5, 0.6) is 5.75 Å². The monoisotopic (exact) mass is 489 g/mol. The number of likely N-dealkylation sites (N-methyl/N-ethyl adjacent to an activating group) is 1. The van der Waals surface area contributed by atoms with Crippen LogP contribution >= 0.6 is 34.5 Å². The summed E-state index contributed by atoms with van der Waals surface area (Å²) >= 11 is 13.3. The fourth-order valence-electron chi connectivity index (χ4n) is 2.75. The molecule has 31 heavy (non-hydrogen) atoms. The summed E-state index contributed by atoms with van der Waals surface area (Å²) in [5.41, 5.74) is 0.582. The van der Waals surface area contributed by atoms with E-state index in [1.165, 1.54) is 23.1 Å². The predicted molar refractivity (Wildman–Crippen MR) is 119 cm³/mol. The molecule has 1 aromatic heterocycles. The molecule has 0 radical (unpaired) electrons. The van der Waals surface area contributed by atoms with E-state index in [2.05, 4.69) is 10.3 Å². The summed E-state index contributed by atoms with van der Waals surface area (Å²) in [6.45, 7) is 2.39. The summed E-state index contributed by atoms with van der Waals surface area (Å²) in [7, 11) is 3.17. The van der Waals surface area contributed by atoms with E-state index in [0.717, 1.165) is 17.4 Å². The topological polar surface area (TPSA) is 63.7 Å². The number of rotatable bonds is 7. The van der Waals surface area contributed by atoms with Gasteiger partial charge in [-0.3, -0.25) is 5.32 Å². The number of nitrogens with zero attached hydrogens (tertiary/aromatic N) is 2. The number of carbonyl (C=O) groups is 1. The van der Waals surface area contributed by atoms with Crippen LogP contribution in [-0.4, -0.2) is 43.2 Å². The highest BCUT2D eigenvalue weighted by atomic mass is 35.5. The number of aromatic nitrogens is 1. The lowest BCUT2D eigenvalue weighted by atomic mass is 10.1. The number of thiazole rings is 1. The van der Waals surface area contributed by atoms with Crippen LogP contribution in [0.15, 0.2) is 24.3 Å². The van der Waals surface area contributed by atoms with Crippen molar-refractivity contribution >= 4 is 55.9 Å². The van der Waals surface area contributed by atoms with Crippen molar-refractivity contribution in [1.29, 1.82) is 0 Å². The summed E-state index contributed by atoms with van der Waals surface area (Å²) in [5.74, 6) is -1.38. The first-order chi connectivity index (χ1) is 14.7. The molecule has 0 aliphatic carbocycles. The quantitative estimate of drug-likeness (QED) is 0.405. The summed E-state index contributed by atoms with van der Waals surface area (Å²) in [6.07, 6.45) is -0.816. The third-order valence-electron chi connectivity index (χ3n) is 4.42. The molecule has 2 amide bonds. The van der Waals surface area contributed by atoms with E-state index in [4.69, 9.17) is 32.7 Å². The second-order valence-electron chi connectivity index (χ2n) is 6.63. The van der Waals surface area contributed by atoms with E-state index in [1.54, 1.807) is 21.1 Å². The molecule has 6 nitrogen and oxygen atoms in total. The van der Waals surface area contributed by atoms with Crippen molar-refractivity contribution in [2.45, 2.75) is 13.0 Å². The highest BCUT2D eigenvalue weighted by Crippen LogP contribution is 2.37. The molecule has 0 saturated heterocycles. The lowest BCUT2D eigenvalue weighted by Crippen LogP contribution is -2.33. The van der Waals surface area contributed by atoms with E-state index in [9.17, 15) is 13.6 Å². The Morgan fingerprint density at radius 3 is 2.74 bits per heavy atom. The van der Waals surface area contributed by atoms with Gasteiger partial charge in [0.05, 0.1) is 21.8 Å². The number of urea groups is 1. The Balaban J connectivity index is 1.81. The predicted octanol–water partition coefficient (Wildman–Crippen LogP) is 6.13. The van der Waals surface area contributed by atoms with E-state index >= 15 is 0 Å². The highest BCUT2D eigenvalue weighted by Gasteiger charge is 2.21. The third-order valence-corrected chi connectivity index (χ3v) is 6.07. The Morgan fingerprint density at radius 1 is 1.29 bits per heavy atom. The molecule has 0 saturated carbocycles. The maximum absolute atomic E-state index is 14.6. The molecule has 1 atom stereocenters. The van der Waals surface area contributed by atoms with Gasteiger partial charge >= 0.3 is 6.03 Å². The Kier molecular flexibility index (Phi) is 7.53. The first-order valence-corrected chi connectivity index (χ1v) is 10.7. The third kappa shape index (κ3) is 5.35. The smallest absolute Gasteiger partial charge is 0.323 e. The molecule has 1 heterocycles.